The van der Waals surface area contributed by atoms with Crippen molar-refractivity contribution in [2.75, 3.05) is 52.4 Å². The van der Waals surface area contributed by atoms with Crippen molar-refractivity contribution in [1.82, 2.24) is 25.3 Å². The van der Waals surface area contributed by atoms with Crippen LogP contribution in [0.4, 0.5) is 4.79 Å². The van der Waals surface area contributed by atoms with Gasteiger partial charge in [-0.05, 0) is 6.92 Å². The summed E-state index contributed by atoms with van der Waals surface area (Å²) in [6.07, 6.45) is 0. The van der Waals surface area contributed by atoms with Gasteiger partial charge < -0.3 is 20.4 Å². The number of nitrogens with one attached hydrogen (secondary N) is 2. The van der Waals surface area contributed by atoms with Crippen LogP contribution in [0, 0.1) is 0 Å². The molecule has 2 N–H and O–H groups in total. The van der Waals surface area contributed by atoms with Gasteiger partial charge in [0, 0.05) is 39.6 Å². The van der Waals surface area contributed by atoms with Gasteiger partial charge in [0.1, 0.15) is 0 Å². The zero-order valence-electron chi connectivity index (χ0n) is 13.7. The van der Waals surface area contributed by atoms with Crippen molar-refractivity contribution < 1.29 is 14.4 Å². The van der Waals surface area contributed by atoms with E-state index in [4.69, 9.17) is 0 Å². The fourth-order valence-electron chi connectivity index (χ4n) is 2.60. The molecule has 2 heterocycles. The largest absolute Gasteiger partial charge is 0.357 e. The summed E-state index contributed by atoms with van der Waals surface area (Å²) >= 11 is 0. The van der Waals surface area contributed by atoms with Crippen LogP contribution in [0.25, 0.3) is 0 Å². The molecule has 0 spiro atoms. The SMILES string of the molecule is CCNC(=NCCN1C(=O)CNC1=O)N1CCN(C(C)=O)CC1. The molecule has 0 saturated carbocycles. The highest BCUT2D eigenvalue weighted by Crippen LogP contribution is 2.03. The monoisotopic (exact) mass is 324 g/mol. The van der Waals surface area contributed by atoms with Crippen LogP contribution in [0.1, 0.15) is 13.8 Å². The molecule has 0 aromatic carbocycles. The topological polar surface area (TPSA) is 97.3 Å². The number of piperazine rings is 1. The lowest BCUT2D eigenvalue weighted by molar-refractivity contribution is -0.130. The molecule has 2 aliphatic rings. The molecule has 0 aromatic rings. The number of guanidine groups is 1. The normalized spacial score (nSPS) is 19.2. The molecule has 2 aliphatic heterocycles. The number of hydrogen-bond donors (Lipinski definition) is 2. The van der Waals surface area contributed by atoms with Gasteiger partial charge in [-0.3, -0.25) is 19.5 Å². The lowest BCUT2D eigenvalue weighted by Crippen LogP contribution is -2.53. The van der Waals surface area contributed by atoms with E-state index >= 15 is 0 Å². The predicted octanol–water partition coefficient (Wildman–Crippen LogP) is -1.33. The molecule has 0 aliphatic carbocycles. The fourth-order valence-corrected chi connectivity index (χ4v) is 2.60. The number of carbonyl (C=O) groups excluding carboxylic acids is 3. The molecule has 23 heavy (non-hydrogen) atoms. The summed E-state index contributed by atoms with van der Waals surface area (Å²) < 4.78 is 0. The molecular formula is C14H24N6O3. The quantitative estimate of drug-likeness (QED) is 0.379. The Morgan fingerprint density at radius 3 is 2.39 bits per heavy atom. The summed E-state index contributed by atoms with van der Waals surface area (Å²) in [4.78, 5) is 43.9. The van der Waals surface area contributed by atoms with E-state index in [1.165, 1.54) is 4.90 Å². The Hall–Kier alpha value is -2.32. The third kappa shape index (κ3) is 4.33. The van der Waals surface area contributed by atoms with Crippen LogP contribution >= 0.6 is 0 Å². The number of aliphatic imine (C=N–C) groups is 1. The lowest BCUT2D eigenvalue weighted by atomic mass is 10.3. The molecule has 0 bridgehead atoms. The van der Waals surface area contributed by atoms with Crippen molar-refractivity contribution in [3.8, 4) is 0 Å². The molecule has 0 aromatic heterocycles. The van der Waals surface area contributed by atoms with Crippen LogP contribution in [0.15, 0.2) is 4.99 Å². The zero-order chi connectivity index (χ0) is 16.8. The van der Waals surface area contributed by atoms with Crippen LogP contribution in [-0.4, -0.2) is 90.9 Å². The van der Waals surface area contributed by atoms with Crippen LogP contribution in [-0.2, 0) is 9.59 Å². The smallest absolute Gasteiger partial charge is 0.324 e. The van der Waals surface area contributed by atoms with Crippen LogP contribution in [0.5, 0.6) is 0 Å². The summed E-state index contributed by atoms with van der Waals surface area (Å²) in [5, 5.41) is 5.70. The van der Waals surface area contributed by atoms with Gasteiger partial charge >= 0.3 is 6.03 Å². The maximum atomic E-state index is 11.5. The highest BCUT2D eigenvalue weighted by atomic mass is 16.2. The van der Waals surface area contributed by atoms with Gasteiger partial charge in [-0.15, -0.1) is 0 Å². The van der Waals surface area contributed by atoms with Crippen LogP contribution in [0.2, 0.25) is 0 Å². The molecule has 0 unspecified atom stereocenters. The Morgan fingerprint density at radius 2 is 1.87 bits per heavy atom. The molecular weight excluding hydrogens is 300 g/mol. The average molecular weight is 324 g/mol. The molecule has 9 nitrogen and oxygen atoms in total. The maximum Gasteiger partial charge on any atom is 0.324 e. The van der Waals surface area contributed by atoms with E-state index in [1.54, 1.807) is 6.92 Å². The third-order valence-corrected chi connectivity index (χ3v) is 3.88. The van der Waals surface area contributed by atoms with Crippen LogP contribution < -0.4 is 10.6 Å². The van der Waals surface area contributed by atoms with Gasteiger partial charge in [0.15, 0.2) is 5.96 Å². The Balaban J connectivity index is 1.89. The second kappa shape index (κ2) is 7.80. The first-order chi connectivity index (χ1) is 11.0. The minimum atomic E-state index is -0.356. The van der Waals surface area contributed by atoms with Gasteiger partial charge in [0.05, 0.1) is 19.6 Å². The summed E-state index contributed by atoms with van der Waals surface area (Å²) in [5.74, 6) is 0.623. The van der Waals surface area contributed by atoms with Gasteiger partial charge in [-0.2, -0.15) is 0 Å². The van der Waals surface area contributed by atoms with Crippen molar-refractivity contribution in [3.63, 3.8) is 0 Å². The number of carbonyl (C=O) groups is 3. The lowest BCUT2D eigenvalue weighted by Gasteiger charge is -2.36. The third-order valence-electron chi connectivity index (χ3n) is 3.88. The molecule has 128 valence electrons. The van der Waals surface area contributed by atoms with E-state index in [1.807, 2.05) is 11.8 Å². The second-order valence-corrected chi connectivity index (χ2v) is 5.43. The Kier molecular flexibility index (Phi) is 5.78. The summed E-state index contributed by atoms with van der Waals surface area (Å²) in [6, 6.07) is -0.356. The first-order valence-corrected chi connectivity index (χ1v) is 7.90. The van der Waals surface area contributed by atoms with Gasteiger partial charge in [0.25, 0.3) is 0 Å². The predicted molar refractivity (Wildman–Crippen MR) is 84.9 cm³/mol. The number of imide groups is 1. The zero-order valence-corrected chi connectivity index (χ0v) is 13.7. The van der Waals surface area contributed by atoms with E-state index in [9.17, 15) is 14.4 Å². The molecule has 0 radical (unpaired) electrons. The minimum absolute atomic E-state index is 0.0651. The van der Waals surface area contributed by atoms with E-state index in [-0.39, 0.29) is 30.9 Å². The molecule has 0 atom stereocenters. The number of hydrogen-bond acceptors (Lipinski definition) is 4. The first kappa shape index (κ1) is 17.0. The van der Waals surface area contributed by atoms with E-state index in [2.05, 4.69) is 20.5 Å². The molecule has 9 heteroatoms. The van der Waals surface area contributed by atoms with E-state index in [0.29, 0.717) is 32.7 Å². The molecule has 4 amide bonds. The van der Waals surface area contributed by atoms with E-state index in [0.717, 1.165) is 12.5 Å². The van der Waals surface area contributed by atoms with Crippen molar-refractivity contribution in [2.24, 2.45) is 4.99 Å². The summed E-state index contributed by atoms with van der Waals surface area (Å²) in [6.45, 7) is 7.76. The molecule has 2 saturated heterocycles. The second-order valence-electron chi connectivity index (χ2n) is 5.43. The first-order valence-electron chi connectivity index (χ1n) is 7.90. The van der Waals surface area contributed by atoms with E-state index < -0.39 is 0 Å². The fraction of sp³-hybridized carbons (Fsp3) is 0.714. The molecule has 2 rings (SSSR count). The summed E-state index contributed by atoms with van der Waals surface area (Å²) in [5.41, 5.74) is 0. The Morgan fingerprint density at radius 1 is 1.22 bits per heavy atom. The standard InChI is InChI=1S/C14H24N6O3/c1-3-15-13(19-8-6-18(7-9-19)11(2)21)16-4-5-20-12(22)10-17-14(20)23/h3-10H2,1-2H3,(H,15,16)(H,17,23). The number of urea groups is 1. The Labute approximate surface area is 135 Å². The van der Waals surface area contributed by atoms with Crippen molar-refractivity contribution in [2.45, 2.75) is 13.8 Å². The van der Waals surface area contributed by atoms with Crippen LogP contribution in [0.3, 0.4) is 0 Å². The van der Waals surface area contributed by atoms with Crippen molar-refractivity contribution >= 4 is 23.8 Å². The van der Waals surface area contributed by atoms with Crippen molar-refractivity contribution in [1.29, 1.82) is 0 Å². The minimum Gasteiger partial charge on any atom is -0.357 e. The maximum absolute atomic E-state index is 11.5. The highest BCUT2D eigenvalue weighted by molar-refractivity contribution is 6.01. The number of nitrogens with zero attached hydrogens (tertiary/aromatic N) is 4. The van der Waals surface area contributed by atoms with Gasteiger partial charge in [-0.1, -0.05) is 0 Å². The Bertz CT molecular complexity index is 483. The molecule has 2 fully saturated rings. The summed E-state index contributed by atoms with van der Waals surface area (Å²) in [7, 11) is 0. The average Bonchev–Trinajstić information content (AvgIpc) is 2.86. The van der Waals surface area contributed by atoms with Crippen molar-refractivity contribution in [3.05, 3.63) is 0 Å². The number of amides is 4. The highest BCUT2D eigenvalue weighted by Gasteiger charge is 2.27. The van der Waals surface area contributed by atoms with Gasteiger partial charge in [0.2, 0.25) is 11.8 Å². The van der Waals surface area contributed by atoms with Gasteiger partial charge in [-0.25, -0.2) is 4.79 Å². The number of rotatable bonds is 4.